The number of nitrogens with zero attached hydrogens (tertiary/aromatic N) is 2. The van der Waals surface area contributed by atoms with Gasteiger partial charge in [0.05, 0.1) is 13.2 Å². The fraction of sp³-hybridized carbons (Fsp3) is 0.400. The molecule has 0 unspecified atom stereocenters. The van der Waals surface area contributed by atoms with Crippen LogP contribution in [0.5, 0.6) is 0 Å². The van der Waals surface area contributed by atoms with Crippen LogP contribution < -0.4 is 10.6 Å². The predicted molar refractivity (Wildman–Crippen MR) is 105 cm³/mol. The number of hydrogen-bond acceptors (Lipinski definition) is 7. The molecule has 7 nitrogen and oxygen atoms in total. The number of benzene rings is 1. The van der Waals surface area contributed by atoms with E-state index >= 15 is 0 Å². The number of aromatic nitrogens is 2. The molecule has 1 aliphatic heterocycles. The molecule has 0 radical (unpaired) electrons. The highest BCUT2D eigenvalue weighted by atomic mass is 35.5. The highest BCUT2D eigenvalue weighted by Crippen LogP contribution is 2.27. The third kappa shape index (κ3) is 6.26. The zero-order valence-electron chi connectivity index (χ0n) is 13.5. The second-order valence-electron chi connectivity index (χ2n) is 5.27. The van der Waals surface area contributed by atoms with Crippen molar-refractivity contribution in [2.45, 2.75) is 23.5 Å². The number of rotatable bonds is 6. The van der Waals surface area contributed by atoms with Crippen LogP contribution in [0.4, 0.5) is 15.6 Å². The summed E-state index contributed by atoms with van der Waals surface area (Å²) in [6.45, 7) is 1.49. The van der Waals surface area contributed by atoms with Crippen LogP contribution in [0.25, 0.3) is 0 Å². The minimum Gasteiger partial charge on any atom is -0.353 e. The summed E-state index contributed by atoms with van der Waals surface area (Å²) >= 11 is 14.7. The summed E-state index contributed by atoms with van der Waals surface area (Å²) in [5.41, 5.74) is 0.492. The van der Waals surface area contributed by atoms with E-state index in [9.17, 15) is 4.79 Å². The molecule has 26 heavy (non-hydrogen) atoms. The number of amides is 2. The van der Waals surface area contributed by atoms with Crippen molar-refractivity contribution < 1.29 is 14.3 Å². The summed E-state index contributed by atoms with van der Waals surface area (Å²) in [4.78, 5) is 12.0. The van der Waals surface area contributed by atoms with Crippen LogP contribution in [0.15, 0.2) is 22.5 Å². The molecule has 1 aromatic carbocycles. The van der Waals surface area contributed by atoms with Crippen molar-refractivity contribution in [2.75, 3.05) is 29.6 Å². The maximum Gasteiger partial charge on any atom is 0.325 e. The molecule has 1 fully saturated rings. The molecular formula is C15H16Cl2N4O3S2. The zero-order valence-corrected chi connectivity index (χ0v) is 16.7. The summed E-state index contributed by atoms with van der Waals surface area (Å²) < 4.78 is 11.8. The lowest BCUT2D eigenvalue weighted by atomic mass is 10.3. The number of carbonyl (C=O) groups is 1. The van der Waals surface area contributed by atoms with Crippen molar-refractivity contribution in [1.82, 2.24) is 10.2 Å². The van der Waals surface area contributed by atoms with Crippen molar-refractivity contribution in [3.8, 4) is 0 Å². The van der Waals surface area contributed by atoms with Crippen LogP contribution >= 0.6 is 46.3 Å². The van der Waals surface area contributed by atoms with E-state index in [1.807, 2.05) is 0 Å². The van der Waals surface area contributed by atoms with Gasteiger partial charge in [-0.15, -0.1) is 10.2 Å². The maximum atomic E-state index is 12.0. The summed E-state index contributed by atoms with van der Waals surface area (Å²) in [6, 6.07) is 4.34. The number of urea groups is 1. The Morgan fingerprint density at radius 2 is 1.92 bits per heavy atom. The highest BCUT2D eigenvalue weighted by molar-refractivity contribution is 8.01. The van der Waals surface area contributed by atoms with Crippen LogP contribution in [0.2, 0.25) is 10.0 Å². The van der Waals surface area contributed by atoms with E-state index in [2.05, 4.69) is 20.8 Å². The van der Waals surface area contributed by atoms with Gasteiger partial charge in [-0.25, -0.2) is 4.79 Å². The number of anilines is 2. The molecule has 0 bridgehead atoms. The monoisotopic (exact) mass is 434 g/mol. The molecule has 0 atom stereocenters. The fourth-order valence-electron chi connectivity index (χ4n) is 2.15. The van der Waals surface area contributed by atoms with Gasteiger partial charge in [0.2, 0.25) is 5.13 Å². The topological polar surface area (TPSA) is 85.4 Å². The van der Waals surface area contributed by atoms with E-state index in [1.165, 1.54) is 11.3 Å². The molecule has 140 valence electrons. The Hall–Kier alpha value is -1.10. The molecule has 2 heterocycles. The van der Waals surface area contributed by atoms with E-state index < -0.39 is 6.03 Å². The van der Waals surface area contributed by atoms with Crippen molar-refractivity contribution in [2.24, 2.45) is 0 Å². The number of thioether (sulfide) groups is 1. The molecule has 1 aromatic heterocycles. The molecule has 1 aliphatic rings. The highest BCUT2D eigenvalue weighted by Gasteiger charge is 2.15. The van der Waals surface area contributed by atoms with Crippen molar-refractivity contribution >= 4 is 63.2 Å². The van der Waals surface area contributed by atoms with Gasteiger partial charge in [-0.2, -0.15) is 0 Å². The van der Waals surface area contributed by atoms with Crippen LogP contribution in [-0.2, 0) is 9.47 Å². The Balaban J connectivity index is 1.44. The Morgan fingerprint density at radius 1 is 1.19 bits per heavy atom. The van der Waals surface area contributed by atoms with Crippen molar-refractivity contribution in [1.29, 1.82) is 0 Å². The second kappa shape index (κ2) is 9.72. The number of halogens is 2. The lowest BCUT2D eigenvalue weighted by Crippen LogP contribution is -2.25. The maximum absolute atomic E-state index is 12.0. The first-order valence-corrected chi connectivity index (χ1v) is 10.4. The Morgan fingerprint density at radius 3 is 2.65 bits per heavy atom. The average Bonchev–Trinajstić information content (AvgIpc) is 3.02. The van der Waals surface area contributed by atoms with E-state index in [-0.39, 0.29) is 6.29 Å². The Kier molecular flexibility index (Phi) is 7.35. The number of hydrogen-bond donors (Lipinski definition) is 2. The van der Waals surface area contributed by atoms with Gasteiger partial charge >= 0.3 is 6.03 Å². The molecule has 2 aromatic rings. The summed E-state index contributed by atoms with van der Waals surface area (Å²) in [5.74, 6) is 0.798. The summed E-state index contributed by atoms with van der Waals surface area (Å²) in [6.07, 6.45) is 1.58. The lowest BCUT2D eigenvalue weighted by molar-refractivity contribution is -0.178. The van der Waals surface area contributed by atoms with Crippen LogP contribution in [-0.4, -0.2) is 41.5 Å². The summed E-state index contributed by atoms with van der Waals surface area (Å²) in [7, 11) is 0. The number of nitrogens with one attached hydrogen (secondary N) is 2. The average molecular weight is 435 g/mol. The molecule has 0 aliphatic carbocycles. The van der Waals surface area contributed by atoms with Gasteiger partial charge in [0.1, 0.15) is 0 Å². The smallest absolute Gasteiger partial charge is 0.325 e. The largest absolute Gasteiger partial charge is 0.353 e. The van der Waals surface area contributed by atoms with E-state index in [4.69, 9.17) is 32.7 Å². The van der Waals surface area contributed by atoms with Crippen LogP contribution in [0.3, 0.4) is 0 Å². The van der Waals surface area contributed by atoms with Crippen LogP contribution in [0.1, 0.15) is 12.8 Å². The first-order valence-electron chi connectivity index (χ1n) is 7.82. The molecule has 1 saturated heterocycles. The standard InChI is InChI=1S/C15H16Cl2N4O3S2/c16-9-6-10(17)8-11(7-9)18-13(22)19-14-20-21-15(26-14)25-5-2-12-23-3-1-4-24-12/h6-8,12H,1-5H2,(H2,18,19,20,22). The van der Waals surface area contributed by atoms with E-state index in [1.54, 1.807) is 30.0 Å². The van der Waals surface area contributed by atoms with Crippen LogP contribution in [0, 0.1) is 0 Å². The number of ether oxygens (including phenoxy) is 2. The Bertz CT molecular complexity index is 736. The molecule has 11 heteroatoms. The molecule has 3 rings (SSSR count). The molecule has 0 saturated carbocycles. The molecule has 2 amide bonds. The second-order valence-corrected chi connectivity index (χ2v) is 8.46. The van der Waals surface area contributed by atoms with Gasteiger partial charge in [0, 0.05) is 27.9 Å². The van der Waals surface area contributed by atoms with Gasteiger partial charge in [0.25, 0.3) is 0 Å². The van der Waals surface area contributed by atoms with Gasteiger partial charge < -0.3 is 14.8 Å². The molecular weight excluding hydrogens is 419 g/mol. The van der Waals surface area contributed by atoms with Crippen molar-refractivity contribution in [3.63, 3.8) is 0 Å². The lowest BCUT2D eigenvalue weighted by Gasteiger charge is -2.22. The normalized spacial score (nSPS) is 15.0. The van der Waals surface area contributed by atoms with Gasteiger partial charge in [-0.1, -0.05) is 46.3 Å². The Labute approximate surface area is 168 Å². The first-order chi connectivity index (χ1) is 12.6. The third-order valence-corrected chi connectivity index (χ3v) is 5.66. The van der Waals surface area contributed by atoms with Gasteiger partial charge in [0.15, 0.2) is 10.6 Å². The van der Waals surface area contributed by atoms with E-state index in [0.29, 0.717) is 20.9 Å². The van der Waals surface area contributed by atoms with Gasteiger partial charge in [-0.05, 0) is 24.6 Å². The minimum absolute atomic E-state index is 0.142. The first kappa shape index (κ1) is 19.7. The SMILES string of the molecule is O=C(Nc1cc(Cl)cc(Cl)c1)Nc1nnc(SCCC2OCCCO2)s1. The minimum atomic E-state index is -0.444. The quantitative estimate of drug-likeness (QED) is 0.504. The predicted octanol–water partition coefficient (Wildman–Crippen LogP) is 4.73. The van der Waals surface area contributed by atoms with E-state index in [0.717, 1.165) is 36.1 Å². The molecule has 2 N–H and O–H groups in total. The van der Waals surface area contributed by atoms with Crippen molar-refractivity contribution in [3.05, 3.63) is 28.2 Å². The number of carbonyl (C=O) groups excluding carboxylic acids is 1. The fourth-order valence-corrected chi connectivity index (χ4v) is 4.45. The zero-order chi connectivity index (χ0) is 18.4. The van der Waals surface area contributed by atoms with Gasteiger partial charge in [-0.3, -0.25) is 5.32 Å². The summed E-state index contributed by atoms with van der Waals surface area (Å²) in [5, 5.41) is 14.6. The third-order valence-electron chi connectivity index (χ3n) is 3.22. The molecule has 0 spiro atoms.